The smallest absolute Gasteiger partial charge is 0.192 e. The van der Waals surface area contributed by atoms with E-state index >= 15 is 0 Å². The Labute approximate surface area is 186 Å². The van der Waals surface area contributed by atoms with Gasteiger partial charge in [0, 0.05) is 17.7 Å². The first-order valence-electron chi connectivity index (χ1n) is 10.7. The molecule has 3 aromatic rings. The second kappa shape index (κ2) is 9.18. The third-order valence-corrected chi connectivity index (χ3v) is 12.2. The fourth-order valence-electron chi connectivity index (χ4n) is 3.68. The molecule has 0 fully saturated rings. The summed E-state index contributed by atoms with van der Waals surface area (Å²) in [6.07, 6.45) is 0. The molecule has 0 spiro atoms. The van der Waals surface area contributed by atoms with E-state index in [1.54, 1.807) is 0 Å². The van der Waals surface area contributed by atoms with E-state index in [1.807, 2.05) is 0 Å². The Bertz CT molecular complexity index is 878. The summed E-state index contributed by atoms with van der Waals surface area (Å²) in [6, 6.07) is 32.5. The predicted molar refractivity (Wildman–Crippen MR) is 136 cm³/mol. The minimum absolute atomic E-state index is 0.169. The molecule has 0 aliphatic rings. The highest BCUT2D eigenvalue weighted by Gasteiger charge is 2.42. The SMILES string of the molecule is CC(C)(C)[Si](C)(C)OCC(c1ccccc1)C(P)(c1ccccc1)c1ccccc1. The van der Waals surface area contributed by atoms with Crippen molar-refractivity contribution in [3.8, 4) is 0 Å². The Morgan fingerprint density at radius 2 is 1.13 bits per heavy atom. The van der Waals surface area contributed by atoms with Crippen molar-refractivity contribution >= 4 is 17.6 Å². The topological polar surface area (TPSA) is 9.23 Å². The van der Waals surface area contributed by atoms with Crippen molar-refractivity contribution in [3.63, 3.8) is 0 Å². The van der Waals surface area contributed by atoms with Crippen LogP contribution in [0.1, 0.15) is 43.4 Å². The molecule has 3 rings (SSSR count). The van der Waals surface area contributed by atoms with Crippen LogP contribution in [0.25, 0.3) is 0 Å². The first-order valence-corrected chi connectivity index (χ1v) is 14.2. The summed E-state index contributed by atoms with van der Waals surface area (Å²) in [4.78, 5) is 0. The van der Waals surface area contributed by atoms with Gasteiger partial charge in [0.2, 0.25) is 0 Å². The van der Waals surface area contributed by atoms with Crippen molar-refractivity contribution in [2.45, 2.75) is 50.0 Å². The van der Waals surface area contributed by atoms with Crippen LogP contribution in [0.4, 0.5) is 0 Å². The predicted octanol–water partition coefficient (Wildman–Crippen LogP) is 7.61. The fraction of sp³-hybridized carbons (Fsp3) is 0.333. The van der Waals surface area contributed by atoms with E-state index < -0.39 is 8.32 Å². The molecule has 3 heteroatoms. The molecule has 1 nitrogen and oxygen atoms in total. The van der Waals surface area contributed by atoms with E-state index in [1.165, 1.54) is 16.7 Å². The third kappa shape index (κ3) is 4.77. The molecule has 30 heavy (non-hydrogen) atoms. The molecule has 0 aliphatic carbocycles. The minimum Gasteiger partial charge on any atom is -0.416 e. The van der Waals surface area contributed by atoms with Crippen molar-refractivity contribution in [2.75, 3.05) is 6.61 Å². The van der Waals surface area contributed by atoms with Crippen molar-refractivity contribution in [2.24, 2.45) is 0 Å². The quantitative estimate of drug-likeness (QED) is 0.275. The average Bonchev–Trinajstić information content (AvgIpc) is 2.75. The van der Waals surface area contributed by atoms with Gasteiger partial charge < -0.3 is 4.43 Å². The molecular weight excluding hydrogens is 399 g/mol. The summed E-state index contributed by atoms with van der Waals surface area (Å²) in [5, 5.41) is -0.108. The van der Waals surface area contributed by atoms with Crippen LogP contribution in [0.2, 0.25) is 18.1 Å². The number of rotatable bonds is 7. The molecule has 0 saturated carbocycles. The molecule has 2 unspecified atom stereocenters. The van der Waals surface area contributed by atoms with Gasteiger partial charge in [-0.25, -0.2) is 0 Å². The van der Waals surface area contributed by atoms with Gasteiger partial charge in [0.1, 0.15) is 0 Å². The Morgan fingerprint density at radius 1 is 0.733 bits per heavy atom. The molecular formula is C27H35OPSi. The van der Waals surface area contributed by atoms with Crippen molar-refractivity contribution in [1.82, 2.24) is 0 Å². The second-order valence-electron chi connectivity index (χ2n) is 9.64. The highest BCUT2D eigenvalue weighted by atomic mass is 31.0. The summed E-state index contributed by atoms with van der Waals surface area (Å²) in [7, 11) is 1.32. The van der Waals surface area contributed by atoms with Crippen LogP contribution in [-0.2, 0) is 9.58 Å². The lowest BCUT2D eigenvalue weighted by Gasteiger charge is -2.43. The summed E-state index contributed by atoms with van der Waals surface area (Å²) >= 11 is 0. The van der Waals surface area contributed by atoms with Crippen LogP contribution in [-0.4, -0.2) is 14.9 Å². The van der Waals surface area contributed by atoms with Gasteiger partial charge >= 0.3 is 0 Å². The van der Waals surface area contributed by atoms with Crippen LogP contribution in [0.5, 0.6) is 0 Å². The summed E-state index contributed by atoms with van der Waals surface area (Å²) in [5.74, 6) is 0.169. The largest absolute Gasteiger partial charge is 0.416 e. The van der Waals surface area contributed by atoms with E-state index in [0.717, 1.165) is 0 Å². The number of hydrogen-bond acceptors (Lipinski definition) is 1. The van der Waals surface area contributed by atoms with Gasteiger partial charge in [-0.2, -0.15) is 0 Å². The Morgan fingerprint density at radius 3 is 1.53 bits per heavy atom. The van der Waals surface area contributed by atoms with E-state index in [2.05, 4.69) is 134 Å². The van der Waals surface area contributed by atoms with Crippen LogP contribution < -0.4 is 0 Å². The van der Waals surface area contributed by atoms with Crippen LogP contribution in [0.3, 0.4) is 0 Å². The van der Waals surface area contributed by atoms with Gasteiger partial charge in [0.05, 0.1) is 0 Å². The first kappa shape index (κ1) is 22.9. The molecule has 0 N–H and O–H groups in total. The molecule has 0 saturated heterocycles. The second-order valence-corrected chi connectivity index (χ2v) is 15.4. The summed E-state index contributed by atoms with van der Waals surface area (Å²) < 4.78 is 6.83. The lowest BCUT2D eigenvalue weighted by molar-refractivity contribution is 0.246. The molecule has 3 aromatic carbocycles. The molecule has 0 bridgehead atoms. The molecule has 0 amide bonds. The highest BCUT2D eigenvalue weighted by molar-refractivity contribution is 7.19. The zero-order valence-corrected chi connectivity index (χ0v) is 21.1. The number of benzene rings is 3. The van der Waals surface area contributed by atoms with Gasteiger partial charge in [-0.3, -0.25) is 0 Å². The Balaban J connectivity index is 2.13. The van der Waals surface area contributed by atoms with Gasteiger partial charge in [-0.1, -0.05) is 112 Å². The third-order valence-electron chi connectivity index (χ3n) is 6.67. The zero-order chi connectivity index (χ0) is 21.8. The monoisotopic (exact) mass is 434 g/mol. The zero-order valence-electron chi connectivity index (χ0n) is 18.9. The lowest BCUT2D eigenvalue weighted by atomic mass is 9.76. The van der Waals surface area contributed by atoms with Gasteiger partial charge in [-0.05, 0) is 34.8 Å². The normalized spacial score (nSPS) is 13.8. The van der Waals surface area contributed by atoms with E-state index in [-0.39, 0.29) is 16.1 Å². The van der Waals surface area contributed by atoms with Crippen LogP contribution in [0.15, 0.2) is 91.0 Å². The standard InChI is InChI=1S/C27H35OPSi/c1-26(2,3)30(4,5)28-21-25(22-15-9-6-10-16-22)27(29,23-17-11-7-12-18-23)24-19-13-8-14-20-24/h6-20,25H,21,29H2,1-5H3. The van der Waals surface area contributed by atoms with E-state index in [9.17, 15) is 0 Å². The molecule has 158 valence electrons. The van der Waals surface area contributed by atoms with Crippen molar-refractivity contribution < 1.29 is 4.43 Å². The van der Waals surface area contributed by atoms with Gasteiger partial charge in [0.15, 0.2) is 8.32 Å². The summed E-state index contributed by atoms with van der Waals surface area (Å²) in [5.41, 5.74) is 3.88. The first-order chi connectivity index (χ1) is 14.2. The average molecular weight is 435 g/mol. The molecule has 0 heterocycles. The van der Waals surface area contributed by atoms with Gasteiger partial charge in [0.25, 0.3) is 0 Å². The lowest BCUT2D eigenvalue weighted by Crippen LogP contribution is -2.43. The fourth-order valence-corrected chi connectivity index (χ4v) is 5.37. The van der Waals surface area contributed by atoms with Crippen molar-refractivity contribution in [3.05, 3.63) is 108 Å². The highest BCUT2D eigenvalue weighted by Crippen LogP contribution is 2.50. The van der Waals surface area contributed by atoms with E-state index in [0.29, 0.717) is 6.61 Å². The number of hydrogen-bond donors (Lipinski definition) is 0. The van der Waals surface area contributed by atoms with Gasteiger partial charge in [-0.15, -0.1) is 9.24 Å². The molecule has 0 radical (unpaired) electrons. The minimum atomic E-state index is -1.89. The maximum absolute atomic E-state index is 6.83. The molecule has 0 aromatic heterocycles. The van der Waals surface area contributed by atoms with Crippen LogP contribution in [0, 0.1) is 0 Å². The van der Waals surface area contributed by atoms with Crippen molar-refractivity contribution in [1.29, 1.82) is 0 Å². The maximum Gasteiger partial charge on any atom is 0.192 e. The molecule has 2 atom stereocenters. The Kier molecular flexibility index (Phi) is 7.02. The molecule has 0 aliphatic heterocycles. The Hall–Kier alpha value is -1.73. The summed E-state index contributed by atoms with van der Waals surface area (Å²) in [6.45, 7) is 12.3. The maximum atomic E-state index is 6.83. The van der Waals surface area contributed by atoms with Crippen LogP contribution >= 0.6 is 9.24 Å². The van der Waals surface area contributed by atoms with E-state index in [4.69, 9.17) is 4.43 Å².